The monoisotopic (exact) mass is 418 g/mol. The lowest BCUT2D eigenvalue weighted by atomic mass is 10.1. The number of urea groups is 1. The quantitative estimate of drug-likeness (QED) is 0.525. The molecule has 3 aromatic carbocycles. The molecule has 0 radical (unpaired) electrons. The Hall–Kier alpha value is -2.92. The second-order valence-corrected chi connectivity index (χ2v) is 8.39. The zero-order valence-electron chi connectivity index (χ0n) is 17.1. The second-order valence-electron chi connectivity index (χ2n) is 7.20. The van der Waals surface area contributed by atoms with E-state index in [0.29, 0.717) is 6.61 Å². The van der Waals surface area contributed by atoms with Crippen LogP contribution in [-0.2, 0) is 13.0 Å². The highest BCUT2D eigenvalue weighted by atomic mass is 32.2. The summed E-state index contributed by atoms with van der Waals surface area (Å²) in [7, 11) is 0. The van der Waals surface area contributed by atoms with Crippen molar-refractivity contribution in [2.45, 2.75) is 25.3 Å². The molecule has 4 nitrogen and oxygen atoms in total. The summed E-state index contributed by atoms with van der Waals surface area (Å²) in [5, 5.41) is 3.09. The lowest BCUT2D eigenvalue weighted by Gasteiger charge is -2.25. The number of rotatable bonds is 6. The molecule has 0 aliphatic carbocycles. The molecule has 1 saturated heterocycles. The van der Waals surface area contributed by atoms with Gasteiger partial charge in [-0.3, -0.25) is 0 Å². The van der Waals surface area contributed by atoms with Crippen molar-refractivity contribution in [2.75, 3.05) is 17.6 Å². The Morgan fingerprint density at radius 2 is 1.87 bits per heavy atom. The van der Waals surface area contributed by atoms with E-state index in [0.717, 1.165) is 46.8 Å². The average Bonchev–Trinajstić information content (AvgIpc) is 3.29. The number of thioether (sulfide) groups is 1. The van der Waals surface area contributed by atoms with Crippen molar-refractivity contribution in [1.29, 1.82) is 0 Å². The number of hydrogen-bond donors (Lipinski definition) is 1. The highest BCUT2D eigenvalue weighted by Crippen LogP contribution is 2.39. The fourth-order valence-corrected chi connectivity index (χ4v) is 4.84. The number of para-hydroxylation sites is 1. The minimum Gasteiger partial charge on any atom is -0.489 e. The first-order valence-electron chi connectivity index (χ1n) is 10.3. The van der Waals surface area contributed by atoms with E-state index in [1.165, 1.54) is 0 Å². The van der Waals surface area contributed by atoms with E-state index in [1.807, 2.05) is 59.5 Å². The molecule has 4 rings (SSSR count). The van der Waals surface area contributed by atoms with Gasteiger partial charge in [-0.15, -0.1) is 11.8 Å². The summed E-state index contributed by atoms with van der Waals surface area (Å²) in [6.07, 6.45) is 0.884. The maximum atomic E-state index is 13.0. The van der Waals surface area contributed by atoms with Crippen LogP contribution in [0.3, 0.4) is 0 Å². The first-order valence-corrected chi connectivity index (χ1v) is 11.3. The fourth-order valence-electron chi connectivity index (χ4n) is 3.59. The van der Waals surface area contributed by atoms with Crippen molar-refractivity contribution in [3.63, 3.8) is 0 Å². The maximum absolute atomic E-state index is 13.0. The smallest absolute Gasteiger partial charge is 0.323 e. The Morgan fingerprint density at radius 3 is 2.70 bits per heavy atom. The minimum absolute atomic E-state index is 0.0148. The number of aryl methyl sites for hydroxylation is 1. The maximum Gasteiger partial charge on any atom is 0.323 e. The molecule has 1 heterocycles. The zero-order valence-corrected chi connectivity index (χ0v) is 17.9. The van der Waals surface area contributed by atoms with E-state index in [2.05, 4.69) is 36.5 Å². The van der Waals surface area contributed by atoms with Crippen LogP contribution in [-0.4, -0.2) is 23.2 Å². The predicted octanol–water partition coefficient (Wildman–Crippen LogP) is 6.11. The summed E-state index contributed by atoms with van der Waals surface area (Å²) in [6, 6.07) is 26.1. The highest BCUT2D eigenvalue weighted by molar-refractivity contribution is 7.99. The van der Waals surface area contributed by atoms with Crippen LogP contribution in [0.2, 0.25) is 0 Å². The number of benzene rings is 3. The minimum atomic E-state index is -0.0542. The van der Waals surface area contributed by atoms with Crippen LogP contribution in [0, 0.1) is 0 Å². The first kappa shape index (κ1) is 20.4. The van der Waals surface area contributed by atoms with E-state index in [4.69, 9.17) is 4.74 Å². The number of anilines is 1. The molecule has 0 bridgehead atoms. The van der Waals surface area contributed by atoms with Gasteiger partial charge in [0.2, 0.25) is 0 Å². The Balaban J connectivity index is 1.45. The summed E-state index contributed by atoms with van der Waals surface area (Å²) in [6.45, 7) is 3.35. The van der Waals surface area contributed by atoms with Crippen LogP contribution in [0.4, 0.5) is 10.5 Å². The number of nitrogens with zero attached hydrogens (tertiary/aromatic N) is 1. The average molecular weight is 419 g/mol. The lowest BCUT2D eigenvalue weighted by molar-refractivity contribution is 0.214. The van der Waals surface area contributed by atoms with Crippen molar-refractivity contribution in [1.82, 2.24) is 4.90 Å². The number of nitrogens with one attached hydrogen (secondary N) is 1. The Labute approximate surface area is 182 Å². The Kier molecular flexibility index (Phi) is 6.60. The molecule has 2 amide bonds. The van der Waals surface area contributed by atoms with Crippen LogP contribution in [0.5, 0.6) is 5.75 Å². The molecule has 1 atom stereocenters. The normalized spacial score (nSPS) is 15.8. The molecular formula is C25H26N2O2S. The number of hydrogen-bond acceptors (Lipinski definition) is 3. The van der Waals surface area contributed by atoms with E-state index in [9.17, 15) is 4.79 Å². The summed E-state index contributed by atoms with van der Waals surface area (Å²) in [4.78, 5) is 14.9. The molecule has 30 heavy (non-hydrogen) atoms. The van der Waals surface area contributed by atoms with Crippen LogP contribution < -0.4 is 10.1 Å². The van der Waals surface area contributed by atoms with Gasteiger partial charge in [0.15, 0.2) is 0 Å². The SMILES string of the molecule is CCc1ccccc1NC(=O)N1CCS[C@@H]1c1cccc(OCc2ccccc2)c1. The van der Waals surface area contributed by atoms with Gasteiger partial charge < -0.3 is 15.0 Å². The van der Waals surface area contributed by atoms with Gasteiger partial charge in [-0.05, 0) is 41.3 Å². The molecule has 5 heteroatoms. The van der Waals surface area contributed by atoms with Crippen LogP contribution in [0.25, 0.3) is 0 Å². The van der Waals surface area contributed by atoms with E-state index in [1.54, 1.807) is 11.8 Å². The molecule has 1 aliphatic heterocycles. The number of carbonyl (C=O) groups is 1. The Morgan fingerprint density at radius 1 is 1.07 bits per heavy atom. The van der Waals surface area contributed by atoms with Gasteiger partial charge >= 0.3 is 6.03 Å². The van der Waals surface area contributed by atoms with Crippen LogP contribution in [0.1, 0.15) is 29.0 Å². The number of amides is 2. The standard InChI is InChI=1S/C25H26N2O2S/c1-2-20-11-6-7-14-23(20)26-25(28)27-15-16-30-24(27)21-12-8-13-22(17-21)29-18-19-9-4-3-5-10-19/h3-14,17,24H,2,15-16,18H2,1H3,(H,26,28)/t24-/m1/s1. The molecule has 1 aliphatic rings. The van der Waals surface area contributed by atoms with E-state index in [-0.39, 0.29) is 11.4 Å². The molecule has 0 aromatic heterocycles. The van der Waals surface area contributed by atoms with Gasteiger partial charge in [0.25, 0.3) is 0 Å². The fraction of sp³-hybridized carbons (Fsp3) is 0.240. The van der Waals surface area contributed by atoms with E-state index >= 15 is 0 Å². The van der Waals surface area contributed by atoms with Crippen molar-refractivity contribution in [3.05, 3.63) is 95.6 Å². The number of ether oxygens (including phenoxy) is 1. The van der Waals surface area contributed by atoms with Crippen LogP contribution >= 0.6 is 11.8 Å². The molecule has 0 unspecified atom stereocenters. The second kappa shape index (κ2) is 9.72. The van der Waals surface area contributed by atoms with Gasteiger partial charge in [0, 0.05) is 18.0 Å². The van der Waals surface area contributed by atoms with Crippen molar-refractivity contribution in [2.24, 2.45) is 0 Å². The Bertz CT molecular complexity index is 993. The van der Waals surface area contributed by atoms with Crippen molar-refractivity contribution in [3.8, 4) is 5.75 Å². The largest absolute Gasteiger partial charge is 0.489 e. The predicted molar refractivity (Wildman–Crippen MR) is 124 cm³/mol. The molecular weight excluding hydrogens is 392 g/mol. The molecule has 1 N–H and O–H groups in total. The lowest BCUT2D eigenvalue weighted by Crippen LogP contribution is -2.34. The molecule has 1 fully saturated rings. The summed E-state index contributed by atoms with van der Waals surface area (Å²) in [5.74, 6) is 1.74. The van der Waals surface area contributed by atoms with Crippen molar-refractivity contribution >= 4 is 23.5 Å². The molecule has 0 saturated carbocycles. The molecule has 3 aromatic rings. The third-order valence-corrected chi connectivity index (χ3v) is 6.44. The molecule has 154 valence electrons. The summed E-state index contributed by atoms with van der Waals surface area (Å²) >= 11 is 1.79. The summed E-state index contributed by atoms with van der Waals surface area (Å²) in [5.41, 5.74) is 4.25. The van der Waals surface area contributed by atoms with E-state index < -0.39 is 0 Å². The topological polar surface area (TPSA) is 41.6 Å². The van der Waals surface area contributed by atoms with Gasteiger partial charge in [-0.2, -0.15) is 0 Å². The zero-order chi connectivity index (χ0) is 20.8. The summed E-state index contributed by atoms with van der Waals surface area (Å²) < 4.78 is 5.99. The van der Waals surface area contributed by atoms with Gasteiger partial charge in [0.05, 0.1) is 0 Å². The van der Waals surface area contributed by atoms with Gasteiger partial charge in [0.1, 0.15) is 17.7 Å². The third kappa shape index (κ3) is 4.79. The van der Waals surface area contributed by atoms with Gasteiger partial charge in [-0.25, -0.2) is 4.79 Å². The van der Waals surface area contributed by atoms with Crippen LogP contribution in [0.15, 0.2) is 78.9 Å². The third-order valence-electron chi connectivity index (χ3n) is 5.18. The molecule has 0 spiro atoms. The van der Waals surface area contributed by atoms with Gasteiger partial charge in [-0.1, -0.05) is 67.6 Å². The highest BCUT2D eigenvalue weighted by Gasteiger charge is 2.31. The van der Waals surface area contributed by atoms with Crippen molar-refractivity contribution < 1.29 is 9.53 Å². The first-order chi connectivity index (χ1) is 14.7. The number of carbonyl (C=O) groups excluding carboxylic acids is 1.